The number of nitrogens with one attached hydrogen (secondary N) is 1. The lowest BCUT2D eigenvalue weighted by molar-refractivity contribution is -0.119. The van der Waals surface area contributed by atoms with Crippen LogP contribution in [0, 0.1) is 0 Å². The van der Waals surface area contributed by atoms with E-state index >= 15 is 0 Å². The van der Waals surface area contributed by atoms with E-state index in [-0.39, 0.29) is 11.8 Å². The van der Waals surface area contributed by atoms with E-state index in [0.717, 1.165) is 11.1 Å². The summed E-state index contributed by atoms with van der Waals surface area (Å²) in [5.41, 5.74) is 2.79. The van der Waals surface area contributed by atoms with Crippen LogP contribution in [0.4, 0.5) is 5.69 Å². The number of likely N-dealkylation sites (N-methyl/N-ethyl adjacent to an activating group) is 1. The lowest BCUT2D eigenvalue weighted by Crippen LogP contribution is -2.44. The molecule has 0 unspecified atom stereocenters. The van der Waals surface area contributed by atoms with E-state index in [1.807, 2.05) is 42.5 Å². The molecule has 0 saturated heterocycles. The molecule has 158 valence electrons. The van der Waals surface area contributed by atoms with Gasteiger partial charge in [0.1, 0.15) is 11.5 Å². The Labute approximate surface area is 181 Å². The summed E-state index contributed by atoms with van der Waals surface area (Å²) in [5.74, 6) is 0.563. The Morgan fingerprint density at radius 3 is 2.06 bits per heavy atom. The minimum Gasteiger partial charge on any atom is -0.497 e. The molecule has 0 spiro atoms. The van der Waals surface area contributed by atoms with Crippen LogP contribution in [-0.4, -0.2) is 38.0 Å². The number of methoxy groups -OCH3 is 2. The van der Waals surface area contributed by atoms with E-state index in [4.69, 9.17) is 9.47 Å². The van der Waals surface area contributed by atoms with Crippen LogP contribution in [0.2, 0.25) is 0 Å². The first-order valence-corrected chi connectivity index (χ1v) is 9.98. The topological polar surface area (TPSA) is 67.9 Å². The van der Waals surface area contributed by atoms with Crippen molar-refractivity contribution in [1.29, 1.82) is 0 Å². The van der Waals surface area contributed by atoms with E-state index in [2.05, 4.69) is 5.32 Å². The molecule has 2 amide bonds. The predicted octanol–water partition coefficient (Wildman–Crippen LogP) is 4.25. The number of nitrogens with zero attached hydrogens (tertiary/aromatic N) is 1. The molecule has 1 heterocycles. The molecule has 0 fully saturated rings. The smallest absolute Gasteiger partial charge is 0.254 e. The molecule has 0 bridgehead atoms. The fraction of sp³-hybridized carbons (Fsp3) is 0.200. The number of carbonyl (C=O) groups excluding carboxylic acids is 2. The zero-order chi connectivity index (χ0) is 22.0. The molecule has 6 heteroatoms. The van der Waals surface area contributed by atoms with Gasteiger partial charge in [-0.3, -0.25) is 9.59 Å². The van der Waals surface area contributed by atoms with Crippen molar-refractivity contribution in [2.24, 2.45) is 0 Å². The Bertz CT molecular complexity index is 1090. The molecule has 31 heavy (non-hydrogen) atoms. The molecular formula is C25H24N2O4. The van der Waals surface area contributed by atoms with Crippen molar-refractivity contribution in [3.8, 4) is 11.5 Å². The largest absolute Gasteiger partial charge is 0.497 e. The quantitative estimate of drug-likeness (QED) is 0.675. The Kier molecular flexibility index (Phi) is 5.62. The summed E-state index contributed by atoms with van der Waals surface area (Å²) in [5, 5.41) is 3.00. The number of anilines is 1. The number of benzene rings is 3. The maximum Gasteiger partial charge on any atom is 0.254 e. The third-order valence-electron chi connectivity index (χ3n) is 5.68. The van der Waals surface area contributed by atoms with E-state index in [1.54, 1.807) is 56.5 Å². The van der Waals surface area contributed by atoms with Crippen molar-refractivity contribution >= 4 is 17.5 Å². The zero-order valence-corrected chi connectivity index (χ0v) is 17.7. The van der Waals surface area contributed by atoms with E-state index in [9.17, 15) is 9.59 Å². The summed E-state index contributed by atoms with van der Waals surface area (Å²) < 4.78 is 10.5. The zero-order valence-electron chi connectivity index (χ0n) is 17.7. The molecule has 1 aliphatic rings. The molecule has 6 nitrogen and oxygen atoms in total. The van der Waals surface area contributed by atoms with Crippen LogP contribution in [0.3, 0.4) is 0 Å². The Morgan fingerprint density at radius 1 is 0.871 bits per heavy atom. The number of fused-ring (bicyclic) bond motifs is 1. The van der Waals surface area contributed by atoms with Crippen LogP contribution in [0.15, 0.2) is 72.8 Å². The summed E-state index contributed by atoms with van der Waals surface area (Å²) in [4.78, 5) is 28.3. The molecule has 1 aliphatic heterocycles. The van der Waals surface area contributed by atoms with Gasteiger partial charge in [-0.1, -0.05) is 30.3 Å². The number of amides is 2. The van der Waals surface area contributed by atoms with Gasteiger partial charge in [-0.15, -0.1) is 0 Å². The van der Waals surface area contributed by atoms with Crippen molar-refractivity contribution in [3.63, 3.8) is 0 Å². The van der Waals surface area contributed by atoms with Crippen molar-refractivity contribution in [2.75, 3.05) is 26.6 Å². The second-order valence-electron chi connectivity index (χ2n) is 7.42. The molecule has 3 aromatic rings. The first-order valence-electron chi connectivity index (χ1n) is 9.98. The van der Waals surface area contributed by atoms with Crippen LogP contribution in [0.1, 0.15) is 33.4 Å². The summed E-state index contributed by atoms with van der Waals surface area (Å²) in [6, 6.07) is 21.5. The molecule has 0 aliphatic carbocycles. The first kappa shape index (κ1) is 20.5. The van der Waals surface area contributed by atoms with Gasteiger partial charge in [0.05, 0.1) is 26.2 Å². The van der Waals surface area contributed by atoms with Crippen molar-refractivity contribution < 1.29 is 19.1 Å². The van der Waals surface area contributed by atoms with Crippen LogP contribution < -0.4 is 14.8 Å². The van der Waals surface area contributed by atoms with Gasteiger partial charge in [0, 0.05) is 18.3 Å². The molecule has 0 saturated carbocycles. The van der Waals surface area contributed by atoms with Gasteiger partial charge in [-0.05, 0) is 53.6 Å². The second kappa shape index (κ2) is 8.52. The van der Waals surface area contributed by atoms with E-state index in [1.165, 1.54) is 0 Å². The van der Waals surface area contributed by atoms with Gasteiger partial charge < -0.3 is 19.7 Å². The maximum absolute atomic E-state index is 13.5. The highest BCUT2D eigenvalue weighted by molar-refractivity contribution is 6.04. The van der Waals surface area contributed by atoms with Gasteiger partial charge in [-0.25, -0.2) is 0 Å². The predicted molar refractivity (Wildman–Crippen MR) is 119 cm³/mol. The van der Waals surface area contributed by atoms with Crippen molar-refractivity contribution in [2.45, 2.75) is 12.0 Å². The highest BCUT2D eigenvalue weighted by Gasteiger charge is 2.42. The summed E-state index contributed by atoms with van der Waals surface area (Å²) >= 11 is 0. The van der Waals surface area contributed by atoms with Crippen LogP contribution in [0.25, 0.3) is 0 Å². The SMILES string of the molecule is COc1ccc(NC(=O)[C@@H]2c3ccccc3C(=O)N(C)[C@H]2c2ccc(OC)cc2)cc1. The molecule has 2 atom stereocenters. The number of hydrogen-bond acceptors (Lipinski definition) is 4. The van der Waals surface area contributed by atoms with Gasteiger partial charge in [0.15, 0.2) is 0 Å². The normalized spacial score (nSPS) is 17.6. The fourth-order valence-corrected chi connectivity index (χ4v) is 4.07. The second-order valence-corrected chi connectivity index (χ2v) is 7.42. The van der Waals surface area contributed by atoms with Gasteiger partial charge in [0.2, 0.25) is 5.91 Å². The lowest BCUT2D eigenvalue weighted by Gasteiger charge is -2.39. The number of rotatable bonds is 5. The Morgan fingerprint density at radius 2 is 1.45 bits per heavy atom. The van der Waals surface area contributed by atoms with Crippen LogP contribution >= 0.6 is 0 Å². The average Bonchev–Trinajstić information content (AvgIpc) is 2.81. The molecule has 0 radical (unpaired) electrons. The monoisotopic (exact) mass is 416 g/mol. The highest BCUT2D eigenvalue weighted by Crippen LogP contribution is 2.42. The summed E-state index contributed by atoms with van der Waals surface area (Å²) in [6.07, 6.45) is 0. The van der Waals surface area contributed by atoms with Crippen molar-refractivity contribution in [3.05, 3.63) is 89.5 Å². The van der Waals surface area contributed by atoms with Gasteiger partial charge in [0.25, 0.3) is 5.91 Å². The standard InChI is InChI=1S/C25H24N2O4/c1-27-23(16-8-12-18(30-2)13-9-16)22(20-6-4-5-7-21(20)25(27)29)24(28)26-17-10-14-19(31-3)15-11-17/h4-15,22-23H,1-3H3,(H,26,28)/t22-,23+/m1/s1. The molecule has 0 aromatic heterocycles. The number of ether oxygens (including phenoxy) is 2. The number of carbonyl (C=O) groups is 2. The number of hydrogen-bond donors (Lipinski definition) is 1. The molecule has 1 N–H and O–H groups in total. The third-order valence-corrected chi connectivity index (χ3v) is 5.68. The minimum atomic E-state index is -0.575. The molecular weight excluding hydrogens is 392 g/mol. The fourth-order valence-electron chi connectivity index (χ4n) is 4.07. The van der Waals surface area contributed by atoms with Crippen LogP contribution in [0.5, 0.6) is 11.5 Å². The lowest BCUT2D eigenvalue weighted by atomic mass is 9.79. The highest BCUT2D eigenvalue weighted by atomic mass is 16.5. The maximum atomic E-state index is 13.5. The molecule has 4 rings (SSSR count). The van der Waals surface area contributed by atoms with E-state index < -0.39 is 12.0 Å². The summed E-state index contributed by atoms with van der Waals surface area (Å²) in [6.45, 7) is 0. The van der Waals surface area contributed by atoms with Crippen molar-refractivity contribution in [1.82, 2.24) is 4.90 Å². The minimum absolute atomic E-state index is 0.107. The van der Waals surface area contributed by atoms with Gasteiger partial charge >= 0.3 is 0 Å². The Balaban J connectivity index is 1.75. The molecule has 3 aromatic carbocycles. The van der Waals surface area contributed by atoms with Crippen LogP contribution in [-0.2, 0) is 4.79 Å². The summed E-state index contributed by atoms with van der Waals surface area (Å²) in [7, 11) is 4.94. The van der Waals surface area contributed by atoms with E-state index in [0.29, 0.717) is 22.7 Å². The Hall–Kier alpha value is -3.80. The first-order chi connectivity index (χ1) is 15.0. The van der Waals surface area contributed by atoms with Gasteiger partial charge in [-0.2, -0.15) is 0 Å². The third kappa shape index (κ3) is 3.84. The average molecular weight is 416 g/mol.